The van der Waals surface area contributed by atoms with Crippen LogP contribution in [0.3, 0.4) is 0 Å². The monoisotopic (exact) mass is 331 g/mol. The molecule has 24 heavy (non-hydrogen) atoms. The van der Waals surface area contributed by atoms with Gasteiger partial charge in [0.2, 0.25) is 0 Å². The van der Waals surface area contributed by atoms with Crippen molar-refractivity contribution in [3.8, 4) is 28.3 Å². The topological polar surface area (TPSA) is 36.9 Å². The SMILES string of the molecule is CSc1c(-c2ccc(C)cc2)cc2c(c1C#N)-c1ccoc1CC2. The molecule has 118 valence electrons. The number of benzene rings is 2. The fraction of sp³-hybridized carbons (Fsp3) is 0.190. The van der Waals surface area contributed by atoms with Gasteiger partial charge in [-0.2, -0.15) is 5.26 Å². The minimum absolute atomic E-state index is 0.776. The molecule has 0 saturated carbocycles. The van der Waals surface area contributed by atoms with Crippen molar-refractivity contribution in [2.75, 3.05) is 6.26 Å². The molecule has 0 saturated heterocycles. The molecule has 0 spiro atoms. The van der Waals surface area contributed by atoms with Gasteiger partial charge < -0.3 is 4.42 Å². The van der Waals surface area contributed by atoms with Gasteiger partial charge in [0, 0.05) is 22.4 Å². The van der Waals surface area contributed by atoms with Gasteiger partial charge in [-0.25, -0.2) is 0 Å². The van der Waals surface area contributed by atoms with Gasteiger partial charge in [-0.1, -0.05) is 29.8 Å². The van der Waals surface area contributed by atoms with Crippen LogP contribution in [-0.4, -0.2) is 6.26 Å². The van der Waals surface area contributed by atoms with E-state index in [1.807, 2.05) is 12.3 Å². The van der Waals surface area contributed by atoms with Crippen LogP contribution in [0.4, 0.5) is 0 Å². The van der Waals surface area contributed by atoms with Crippen molar-refractivity contribution in [1.29, 1.82) is 5.26 Å². The average molecular weight is 331 g/mol. The summed E-state index contributed by atoms with van der Waals surface area (Å²) in [5.74, 6) is 0.995. The molecule has 0 atom stereocenters. The zero-order chi connectivity index (χ0) is 16.7. The summed E-state index contributed by atoms with van der Waals surface area (Å²) < 4.78 is 5.60. The smallest absolute Gasteiger partial charge is 0.111 e. The van der Waals surface area contributed by atoms with E-state index in [2.05, 4.69) is 43.3 Å². The van der Waals surface area contributed by atoms with Gasteiger partial charge >= 0.3 is 0 Å². The molecule has 0 N–H and O–H groups in total. The third-order valence-electron chi connectivity index (χ3n) is 4.68. The molecule has 4 rings (SSSR count). The number of nitrogens with zero attached hydrogens (tertiary/aromatic N) is 1. The van der Waals surface area contributed by atoms with Gasteiger partial charge in [0.05, 0.1) is 11.8 Å². The van der Waals surface area contributed by atoms with E-state index in [-0.39, 0.29) is 0 Å². The Kier molecular flexibility index (Phi) is 3.70. The molecule has 0 unspecified atom stereocenters. The summed E-state index contributed by atoms with van der Waals surface area (Å²) in [6.07, 6.45) is 5.58. The van der Waals surface area contributed by atoms with E-state index >= 15 is 0 Å². The van der Waals surface area contributed by atoms with Gasteiger partial charge in [-0.05, 0) is 48.4 Å². The highest BCUT2D eigenvalue weighted by molar-refractivity contribution is 7.98. The summed E-state index contributed by atoms with van der Waals surface area (Å²) in [6, 6.07) is 15.3. The summed E-state index contributed by atoms with van der Waals surface area (Å²) in [5, 5.41) is 9.89. The summed E-state index contributed by atoms with van der Waals surface area (Å²) in [5.41, 5.74) is 7.73. The van der Waals surface area contributed by atoms with Crippen molar-refractivity contribution in [3.05, 3.63) is 65.1 Å². The van der Waals surface area contributed by atoms with Crippen LogP contribution in [0.2, 0.25) is 0 Å². The zero-order valence-electron chi connectivity index (χ0n) is 13.7. The maximum Gasteiger partial charge on any atom is 0.111 e. The molecule has 0 amide bonds. The number of thioether (sulfide) groups is 1. The molecule has 1 aliphatic rings. The predicted molar refractivity (Wildman–Crippen MR) is 98.2 cm³/mol. The molecular formula is C21H17NOS. The molecule has 3 aromatic rings. The summed E-state index contributed by atoms with van der Waals surface area (Å²) in [7, 11) is 0. The molecule has 0 fully saturated rings. The number of hydrogen-bond donors (Lipinski definition) is 0. The molecule has 3 heteroatoms. The third kappa shape index (κ3) is 2.26. The fourth-order valence-electron chi connectivity index (χ4n) is 3.50. The predicted octanol–water partition coefficient (Wildman–Crippen LogP) is 5.61. The first-order valence-corrected chi connectivity index (χ1v) is 9.23. The third-order valence-corrected chi connectivity index (χ3v) is 5.51. The number of aryl methyl sites for hydroxylation is 3. The van der Waals surface area contributed by atoms with Crippen LogP contribution in [0.15, 0.2) is 52.0 Å². The van der Waals surface area contributed by atoms with Crippen molar-refractivity contribution in [1.82, 2.24) is 0 Å². The van der Waals surface area contributed by atoms with E-state index in [1.54, 1.807) is 18.0 Å². The van der Waals surface area contributed by atoms with Crippen molar-refractivity contribution in [2.24, 2.45) is 0 Å². The van der Waals surface area contributed by atoms with Crippen molar-refractivity contribution in [3.63, 3.8) is 0 Å². The zero-order valence-corrected chi connectivity index (χ0v) is 14.5. The van der Waals surface area contributed by atoms with Gasteiger partial charge in [0.1, 0.15) is 11.8 Å². The molecule has 2 aromatic carbocycles. The van der Waals surface area contributed by atoms with Crippen molar-refractivity contribution >= 4 is 11.8 Å². The second kappa shape index (κ2) is 5.89. The Hall–Kier alpha value is -2.44. The summed E-state index contributed by atoms with van der Waals surface area (Å²) >= 11 is 1.64. The second-order valence-electron chi connectivity index (χ2n) is 6.10. The Bertz CT molecular complexity index is 961. The Morgan fingerprint density at radius 3 is 2.58 bits per heavy atom. The van der Waals surface area contributed by atoms with Gasteiger partial charge in [0.15, 0.2) is 0 Å². The molecule has 0 bridgehead atoms. The second-order valence-corrected chi connectivity index (χ2v) is 6.92. The first kappa shape index (κ1) is 15.1. The highest BCUT2D eigenvalue weighted by Gasteiger charge is 2.25. The lowest BCUT2D eigenvalue weighted by Gasteiger charge is -2.21. The summed E-state index contributed by atoms with van der Waals surface area (Å²) in [4.78, 5) is 1.05. The number of fused-ring (bicyclic) bond motifs is 3. The van der Waals surface area contributed by atoms with Crippen molar-refractivity contribution in [2.45, 2.75) is 24.7 Å². The number of furan rings is 1. The van der Waals surface area contributed by atoms with Crippen LogP contribution in [0.5, 0.6) is 0 Å². The number of hydrogen-bond acceptors (Lipinski definition) is 3. The minimum Gasteiger partial charge on any atom is -0.469 e. The number of nitriles is 1. The van der Waals surface area contributed by atoms with Gasteiger partial charge in [-0.15, -0.1) is 11.8 Å². The van der Waals surface area contributed by atoms with Crippen molar-refractivity contribution < 1.29 is 4.42 Å². The van der Waals surface area contributed by atoms with Gasteiger partial charge in [0.25, 0.3) is 0 Å². The van der Waals surface area contributed by atoms with E-state index in [4.69, 9.17) is 4.42 Å². The van der Waals surface area contributed by atoms with E-state index < -0.39 is 0 Å². The lowest BCUT2D eigenvalue weighted by molar-refractivity contribution is 0.507. The maximum atomic E-state index is 9.89. The van der Waals surface area contributed by atoms with Crippen LogP contribution < -0.4 is 0 Å². The largest absolute Gasteiger partial charge is 0.469 e. The normalized spacial score (nSPS) is 12.4. The molecule has 1 heterocycles. The average Bonchev–Trinajstić information content (AvgIpc) is 3.09. The molecule has 0 aliphatic heterocycles. The van der Waals surface area contributed by atoms with Gasteiger partial charge in [-0.3, -0.25) is 0 Å². The Morgan fingerprint density at radius 2 is 1.88 bits per heavy atom. The lowest BCUT2D eigenvalue weighted by atomic mass is 9.84. The first-order chi connectivity index (χ1) is 11.7. The van der Waals surface area contributed by atoms with Crippen LogP contribution in [0.25, 0.3) is 22.3 Å². The molecule has 2 nitrogen and oxygen atoms in total. The van der Waals surface area contributed by atoms with Crippen LogP contribution in [0, 0.1) is 18.3 Å². The Morgan fingerprint density at radius 1 is 1.08 bits per heavy atom. The standard InChI is InChI=1S/C21H17NOS/c1-13-3-5-14(6-4-13)17-11-15-7-8-19-16(9-10-23-19)20(15)18(12-22)21(17)24-2/h3-6,9-11H,7-8H2,1-2H3. The quantitative estimate of drug-likeness (QED) is 0.572. The van der Waals surface area contributed by atoms with E-state index in [1.165, 1.54) is 16.7 Å². The fourth-order valence-corrected chi connectivity index (χ4v) is 4.25. The molecule has 1 aliphatic carbocycles. The minimum atomic E-state index is 0.776. The Balaban J connectivity index is 2.02. The van der Waals surface area contributed by atoms with Crippen LogP contribution in [-0.2, 0) is 12.8 Å². The molecular weight excluding hydrogens is 314 g/mol. The lowest BCUT2D eigenvalue weighted by Crippen LogP contribution is -2.06. The maximum absolute atomic E-state index is 9.89. The first-order valence-electron chi connectivity index (χ1n) is 8.00. The highest BCUT2D eigenvalue weighted by Crippen LogP contribution is 2.44. The van der Waals surface area contributed by atoms with E-state index in [9.17, 15) is 5.26 Å². The van der Waals surface area contributed by atoms with Crippen LogP contribution >= 0.6 is 11.8 Å². The van der Waals surface area contributed by atoms with Crippen LogP contribution in [0.1, 0.15) is 22.5 Å². The summed E-state index contributed by atoms with van der Waals surface area (Å²) in [6.45, 7) is 2.09. The van der Waals surface area contributed by atoms with E-state index in [0.717, 1.165) is 45.8 Å². The molecule has 1 aromatic heterocycles. The molecule has 0 radical (unpaired) electrons. The van der Waals surface area contributed by atoms with E-state index in [0.29, 0.717) is 0 Å². The highest BCUT2D eigenvalue weighted by atomic mass is 32.2. The number of rotatable bonds is 2. The Labute approximate surface area is 146 Å².